The fourth-order valence-corrected chi connectivity index (χ4v) is 1.48. The standard InChI is InChI=1S/C10H12N4O2/c1-16-8-3-2-7-10(13-8)14(5-4-11)9(15)6-12-7/h2-3,6H,4-5,11H2,1H3. The topological polar surface area (TPSA) is 83.0 Å². The lowest BCUT2D eigenvalue weighted by Gasteiger charge is -2.07. The molecule has 6 heteroatoms. The maximum Gasteiger partial charge on any atom is 0.270 e. The maximum atomic E-state index is 11.6. The van der Waals surface area contributed by atoms with Crippen LogP contribution in [-0.2, 0) is 6.54 Å². The fraction of sp³-hybridized carbons (Fsp3) is 0.300. The number of hydrogen-bond donors (Lipinski definition) is 1. The molecule has 0 saturated carbocycles. The highest BCUT2D eigenvalue weighted by atomic mass is 16.5. The van der Waals surface area contributed by atoms with Crippen LogP contribution in [0.1, 0.15) is 0 Å². The van der Waals surface area contributed by atoms with Crippen LogP contribution < -0.4 is 16.0 Å². The summed E-state index contributed by atoms with van der Waals surface area (Å²) in [6.07, 6.45) is 1.27. The Bertz CT molecular complexity index is 564. The van der Waals surface area contributed by atoms with Crippen molar-refractivity contribution in [1.82, 2.24) is 14.5 Å². The molecule has 84 valence electrons. The Kier molecular flexibility index (Phi) is 2.82. The Balaban J connectivity index is 2.72. The van der Waals surface area contributed by atoms with Crippen molar-refractivity contribution in [3.05, 3.63) is 28.7 Å². The zero-order valence-corrected chi connectivity index (χ0v) is 8.88. The third kappa shape index (κ3) is 1.74. The van der Waals surface area contributed by atoms with Gasteiger partial charge in [0.25, 0.3) is 5.56 Å². The molecule has 0 bridgehead atoms. The van der Waals surface area contributed by atoms with E-state index in [1.807, 2.05) is 0 Å². The van der Waals surface area contributed by atoms with Crippen LogP contribution in [-0.4, -0.2) is 28.2 Å². The van der Waals surface area contributed by atoms with E-state index in [2.05, 4.69) is 9.97 Å². The SMILES string of the molecule is COc1ccc2ncc(=O)n(CCN)c2n1. The van der Waals surface area contributed by atoms with Crippen LogP contribution in [0.4, 0.5) is 0 Å². The molecule has 6 nitrogen and oxygen atoms in total. The van der Waals surface area contributed by atoms with Gasteiger partial charge in [0.15, 0.2) is 5.65 Å². The first-order chi connectivity index (χ1) is 7.76. The van der Waals surface area contributed by atoms with Gasteiger partial charge in [0.05, 0.1) is 13.3 Å². The van der Waals surface area contributed by atoms with Crippen LogP contribution in [0.15, 0.2) is 23.1 Å². The molecule has 0 atom stereocenters. The summed E-state index contributed by atoms with van der Waals surface area (Å²) < 4.78 is 6.50. The van der Waals surface area contributed by atoms with Crippen LogP contribution in [0.5, 0.6) is 5.88 Å². The number of ether oxygens (including phenoxy) is 1. The van der Waals surface area contributed by atoms with Gasteiger partial charge >= 0.3 is 0 Å². The summed E-state index contributed by atoms with van der Waals surface area (Å²) in [6, 6.07) is 3.46. The quantitative estimate of drug-likeness (QED) is 0.771. The van der Waals surface area contributed by atoms with Gasteiger partial charge in [-0.15, -0.1) is 0 Å². The van der Waals surface area contributed by atoms with Crippen molar-refractivity contribution in [2.24, 2.45) is 5.73 Å². The van der Waals surface area contributed by atoms with Gasteiger partial charge in [-0.2, -0.15) is 4.98 Å². The molecule has 0 radical (unpaired) electrons. The Morgan fingerprint density at radius 1 is 1.50 bits per heavy atom. The number of rotatable bonds is 3. The van der Waals surface area contributed by atoms with Crippen molar-refractivity contribution >= 4 is 11.2 Å². The summed E-state index contributed by atoms with van der Waals surface area (Å²) in [5.74, 6) is 0.450. The van der Waals surface area contributed by atoms with E-state index >= 15 is 0 Å². The number of nitrogens with two attached hydrogens (primary N) is 1. The molecule has 2 N–H and O–H groups in total. The molecule has 0 saturated heterocycles. The Labute approximate surface area is 91.7 Å². The van der Waals surface area contributed by atoms with Crippen molar-refractivity contribution < 1.29 is 4.74 Å². The van der Waals surface area contributed by atoms with Gasteiger partial charge in [0.1, 0.15) is 5.52 Å². The normalized spacial score (nSPS) is 10.6. The molecular weight excluding hydrogens is 208 g/mol. The Morgan fingerprint density at radius 3 is 3.00 bits per heavy atom. The highest BCUT2D eigenvalue weighted by Crippen LogP contribution is 2.12. The lowest BCUT2D eigenvalue weighted by Crippen LogP contribution is -2.25. The van der Waals surface area contributed by atoms with Crippen molar-refractivity contribution in [2.45, 2.75) is 6.54 Å². The second-order valence-corrected chi connectivity index (χ2v) is 3.23. The molecule has 0 aliphatic rings. The highest BCUT2D eigenvalue weighted by Gasteiger charge is 2.06. The van der Waals surface area contributed by atoms with Crippen molar-refractivity contribution in [1.29, 1.82) is 0 Å². The van der Waals surface area contributed by atoms with E-state index in [9.17, 15) is 4.79 Å². The van der Waals surface area contributed by atoms with E-state index in [0.29, 0.717) is 30.1 Å². The van der Waals surface area contributed by atoms with Crippen LogP contribution in [0.3, 0.4) is 0 Å². The first kappa shape index (κ1) is 10.6. The molecule has 0 spiro atoms. The van der Waals surface area contributed by atoms with Gasteiger partial charge < -0.3 is 10.5 Å². The molecule has 0 unspecified atom stereocenters. The average Bonchev–Trinajstić information content (AvgIpc) is 2.32. The van der Waals surface area contributed by atoms with Gasteiger partial charge in [0.2, 0.25) is 5.88 Å². The number of pyridine rings is 1. The molecular formula is C10H12N4O2. The minimum absolute atomic E-state index is 0.210. The number of aromatic nitrogens is 3. The number of nitrogens with zero attached hydrogens (tertiary/aromatic N) is 3. The lowest BCUT2D eigenvalue weighted by atomic mass is 10.4. The molecule has 2 aromatic heterocycles. The molecule has 2 rings (SSSR count). The summed E-state index contributed by atoms with van der Waals surface area (Å²) in [5.41, 5.74) is 6.39. The maximum absolute atomic E-state index is 11.6. The van der Waals surface area contributed by atoms with E-state index in [-0.39, 0.29) is 5.56 Å². The fourth-order valence-electron chi connectivity index (χ4n) is 1.48. The first-order valence-corrected chi connectivity index (χ1v) is 4.87. The monoisotopic (exact) mass is 220 g/mol. The van der Waals surface area contributed by atoms with Crippen molar-refractivity contribution in [3.63, 3.8) is 0 Å². The zero-order valence-electron chi connectivity index (χ0n) is 8.88. The minimum Gasteiger partial charge on any atom is -0.481 e. The predicted octanol–water partition coefficient (Wildman–Crippen LogP) is -0.241. The second-order valence-electron chi connectivity index (χ2n) is 3.23. The molecule has 0 amide bonds. The smallest absolute Gasteiger partial charge is 0.270 e. The summed E-state index contributed by atoms with van der Waals surface area (Å²) in [7, 11) is 1.52. The van der Waals surface area contributed by atoms with Gasteiger partial charge in [-0.25, -0.2) is 4.98 Å². The van der Waals surface area contributed by atoms with E-state index in [1.54, 1.807) is 12.1 Å². The second kappa shape index (κ2) is 4.28. The van der Waals surface area contributed by atoms with E-state index in [4.69, 9.17) is 10.5 Å². The minimum atomic E-state index is -0.210. The third-order valence-corrected chi connectivity index (χ3v) is 2.23. The lowest BCUT2D eigenvalue weighted by molar-refractivity contribution is 0.398. The molecule has 2 heterocycles. The molecule has 16 heavy (non-hydrogen) atoms. The highest BCUT2D eigenvalue weighted by molar-refractivity contribution is 5.70. The first-order valence-electron chi connectivity index (χ1n) is 4.87. The Hall–Kier alpha value is -1.95. The van der Waals surface area contributed by atoms with Crippen LogP contribution in [0.25, 0.3) is 11.2 Å². The summed E-state index contributed by atoms with van der Waals surface area (Å²) >= 11 is 0. The molecule has 0 aliphatic heterocycles. The van der Waals surface area contributed by atoms with Gasteiger partial charge in [-0.05, 0) is 6.07 Å². The van der Waals surface area contributed by atoms with Crippen LogP contribution in [0, 0.1) is 0 Å². The summed E-state index contributed by atoms with van der Waals surface area (Å²) in [4.78, 5) is 19.8. The third-order valence-electron chi connectivity index (χ3n) is 2.23. The van der Waals surface area contributed by atoms with Gasteiger partial charge in [0, 0.05) is 19.2 Å². The van der Waals surface area contributed by atoms with Gasteiger partial charge in [-0.1, -0.05) is 0 Å². The number of hydrogen-bond acceptors (Lipinski definition) is 5. The molecule has 2 aromatic rings. The summed E-state index contributed by atoms with van der Waals surface area (Å²) in [5, 5.41) is 0. The largest absolute Gasteiger partial charge is 0.481 e. The van der Waals surface area contributed by atoms with E-state index in [0.717, 1.165) is 0 Å². The number of methoxy groups -OCH3 is 1. The molecule has 0 fully saturated rings. The summed E-state index contributed by atoms with van der Waals surface area (Å²) in [6.45, 7) is 0.788. The molecule has 0 aromatic carbocycles. The van der Waals surface area contributed by atoms with Gasteiger partial charge in [-0.3, -0.25) is 9.36 Å². The number of fused-ring (bicyclic) bond motifs is 1. The van der Waals surface area contributed by atoms with Crippen molar-refractivity contribution in [3.8, 4) is 5.88 Å². The van der Waals surface area contributed by atoms with E-state index < -0.39 is 0 Å². The van der Waals surface area contributed by atoms with E-state index in [1.165, 1.54) is 17.9 Å². The molecule has 0 aliphatic carbocycles. The predicted molar refractivity (Wildman–Crippen MR) is 59.4 cm³/mol. The van der Waals surface area contributed by atoms with Crippen LogP contribution in [0.2, 0.25) is 0 Å². The average molecular weight is 220 g/mol. The Morgan fingerprint density at radius 2 is 2.31 bits per heavy atom. The zero-order chi connectivity index (χ0) is 11.5. The van der Waals surface area contributed by atoms with Crippen LogP contribution >= 0.6 is 0 Å². The van der Waals surface area contributed by atoms with Crippen molar-refractivity contribution in [2.75, 3.05) is 13.7 Å².